The molecule has 3 aromatic rings. The molecule has 0 saturated carbocycles. The first-order valence-corrected chi connectivity index (χ1v) is 7.29. The summed E-state index contributed by atoms with van der Waals surface area (Å²) in [6.07, 6.45) is 2.02. The highest BCUT2D eigenvalue weighted by Crippen LogP contribution is 2.21. The van der Waals surface area contributed by atoms with Crippen molar-refractivity contribution in [3.8, 4) is 0 Å². The minimum absolute atomic E-state index is 0.0889. The van der Waals surface area contributed by atoms with Gasteiger partial charge in [-0.1, -0.05) is 41.9 Å². The Bertz CT molecular complexity index is 734. The van der Waals surface area contributed by atoms with Gasteiger partial charge in [0.2, 0.25) is 0 Å². The Morgan fingerprint density at radius 3 is 2.52 bits per heavy atom. The zero-order valence-electron chi connectivity index (χ0n) is 11.6. The van der Waals surface area contributed by atoms with E-state index >= 15 is 0 Å². The Kier molecular flexibility index (Phi) is 4.25. The fraction of sp³-hybridized carbons (Fsp3) is 0.176. The van der Waals surface area contributed by atoms with Gasteiger partial charge in [-0.15, -0.1) is 0 Å². The molecule has 3 rings (SSSR count). The molecule has 0 fully saturated rings. The summed E-state index contributed by atoms with van der Waals surface area (Å²) in [7, 11) is 0. The lowest BCUT2D eigenvalue weighted by molar-refractivity contribution is 0.282. The van der Waals surface area contributed by atoms with Crippen molar-refractivity contribution in [2.75, 3.05) is 0 Å². The molecule has 0 aliphatic rings. The molecule has 0 aliphatic heterocycles. The van der Waals surface area contributed by atoms with E-state index in [9.17, 15) is 0 Å². The fourth-order valence-corrected chi connectivity index (χ4v) is 2.58. The van der Waals surface area contributed by atoms with E-state index in [1.807, 2.05) is 48.7 Å². The van der Waals surface area contributed by atoms with Crippen LogP contribution in [0.25, 0.3) is 10.9 Å². The Labute approximate surface area is 128 Å². The van der Waals surface area contributed by atoms with Crippen LogP contribution >= 0.6 is 11.6 Å². The maximum atomic E-state index is 9.02. The topological polar surface area (TPSA) is 48.0 Å². The average molecular weight is 301 g/mol. The van der Waals surface area contributed by atoms with E-state index in [1.165, 1.54) is 16.5 Å². The summed E-state index contributed by atoms with van der Waals surface area (Å²) in [5.41, 5.74) is 4.43. The van der Waals surface area contributed by atoms with Gasteiger partial charge in [-0.2, -0.15) is 0 Å². The van der Waals surface area contributed by atoms with Crippen molar-refractivity contribution in [3.63, 3.8) is 0 Å². The van der Waals surface area contributed by atoms with Crippen molar-refractivity contribution < 1.29 is 5.11 Å². The van der Waals surface area contributed by atoms with Crippen molar-refractivity contribution in [1.29, 1.82) is 0 Å². The number of hydrogen-bond acceptors (Lipinski definition) is 2. The Hall–Kier alpha value is -1.81. The lowest BCUT2D eigenvalue weighted by Gasteiger charge is -2.05. The molecule has 1 heterocycles. The molecule has 0 unspecified atom stereocenters. The summed E-state index contributed by atoms with van der Waals surface area (Å²) in [5, 5.41) is 14.4. The second kappa shape index (κ2) is 6.31. The molecule has 0 spiro atoms. The van der Waals surface area contributed by atoms with Crippen LogP contribution in [0.4, 0.5) is 0 Å². The van der Waals surface area contributed by atoms with Gasteiger partial charge in [0.25, 0.3) is 0 Å². The first-order chi connectivity index (χ1) is 10.3. The van der Waals surface area contributed by atoms with Crippen molar-refractivity contribution in [1.82, 2.24) is 10.3 Å². The highest BCUT2D eigenvalue weighted by atomic mass is 35.5. The first-order valence-electron chi connectivity index (χ1n) is 6.91. The van der Waals surface area contributed by atoms with Crippen LogP contribution in [0.15, 0.2) is 48.7 Å². The van der Waals surface area contributed by atoms with Crippen molar-refractivity contribution in [3.05, 3.63) is 70.4 Å². The largest absolute Gasteiger partial charge is 0.392 e. The Morgan fingerprint density at radius 1 is 1.00 bits per heavy atom. The lowest BCUT2D eigenvalue weighted by atomic mass is 10.1. The zero-order chi connectivity index (χ0) is 14.7. The van der Waals surface area contributed by atoms with Crippen molar-refractivity contribution >= 4 is 22.5 Å². The molecule has 1 aromatic heterocycles. The monoisotopic (exact) mass is 300 g/mol. The van der Waals surface area contributed by atoms with Gasteiger partial charge in [-0.05, 0) is 28.8 Å². The van der Waals surface area contributed by atoms with Crippen molar-refractivity contribution in [2.24, 2.45) is 0 Å². The summed E-state index contributed by atoms with van der Waals surface area (Å²) >= 11 is 5.98. The quantitative estimate of drug-likeness (QED) is 0.674. The number of nitrogens with one attached hydrogen (secondary N) is 2. The molecular weight excluding hydrogens is 284 g/mol. The number of hydrogen-bond donors (Lipinski definition) is 3. The van der Waals surface area contributed by atoms with Crippen LogP contribution in [0.5, 0.6) is 0 Å². The molecule has 0 amide bonds. The summed E-state index contributed by atoms with van der Waals surface area (Å²) in [4.78, 5) is 3.24. The maximum Gasteiger partial charge on any atom is 0.0681 e. The van der Waals surface area contributed by atoms with Gasteiger partial charge in [0.05, 0.1) is 6.61 Å². The summed E-state index contributed by atoms with van der Waals surface area (Å²) in [5.74, 6) is 0. The average Bonchev–Trinajstić information content (AvgIpc) is 2.90. The smallest absolute Gasteiger partial charge is 0.0681 e. The van der Waals surface area contributed by atoms with E-state index in [0.29, 0.717) is 0 Å². The molecule has 3 nitrogen and oxygen atoms in total. The first kappa shape index (κ1) is 14.1. The normalized spacial score (nSPS) is 11.1. The molecule has 0 radical (unpaired) electrons. The lowest BCUT2D eigenvalue weighted by Crippen LogP contribution is -2.12. The highest BCUT2D eigenvalue weighted by molar-refractivity contribution is 6.31. The van der Waals surface area contributed by atoms with Gasteiger partial charge >= 0.3 is 0 Å². The molecule has 21 heavy (non-hydrogen) atoms. The molecular formula is C17H17ClN2O. The van der Waals surface area contributed by atoms with Crippen LogP contribution in [0.1, 0.15) is 16.7 Å². The molecule has 108 valence electrons. The predicted molar refractivity (Wildman–Crippen MR) is 86.2 cm³/mol. The third-order valence-corrected chi connectivity index (χ3v) is 3.81. The molecule has 0 saturated heterocycles. The minimum atomic E-state index is 0.0889. The number of rotatable bonds is 5. The second-order valence-electron chi connectivity index (χ2n) is 5.08. The minimum Gasteiger partial charge on any atom is -0.392 e. The number of benzene rings is 2. The van der Waals surface area contributed by atoms with E-state index in [1.54, 1.807) is 0 Å². The number of aromatic amines is 1. The number of halogens is 1. The molecule has 2 aromatic carbocycles. The van der Waals surface area contributed by atoms with E-state index < -0.39 is 0 Å². The number of fused-ring (bicyclic) bond motifs is 1. The van der Waals surface area contributed by atoms with Gasteiger partial charge in [-0.25, -0.2) is 0 Å². The van der Waals surface area contributed by atoms with E-state index in [0.717, 1.165) is 29.2 Å². The third-order valence-electron chi connectivity index (χ3n) is 3.58. The summed E-state index contributed by atoms with van der Waals surface area (Å²) < 4.78 is 0. The van der Waals surface area contributed by atoms with Crippen LogP contribution in [0.3, 0.4) is 0 Å². The van der Waals surface area contributed by atoms with Crippen LogP contribution in [0, 0.1) is 0 Å². The van der Waals surface area contributed by atoms with E-state index in [2.05, 4.69) is 10.3 Å². The van der Waals surface area contributed by atoms with E-state index in [-0.39, 0.29) is 6.61 Å². The Morgan fingerprint density at radius 2 is 1.76 bits per heavy atom. The number of aliphatic hydroxyl groups excluding tert-OH is 1. The van der Waals surface area contributed by atoms with Crippen LogP contribution in [-0.4, -0.2) is 10.1 Å². The zero-order valence-corrected chi connectivity index (χ0v) is 12.3. The summed E-state index contributed by atoms with van der Waals surface area (Å²) in [6.45, 7) is 1.68. The molecule has 0 atom stereocenters. The SMILES string of the molecule is OCc1ccc(CNCc2c[nH]c3cc(Cl)ccc23)cc1. The van der Waals surface area contributed by atoms with E-state index in [4.69, 9.17) is 16.7 Å². The van der Waals surface area contributed by atoms with Gasteiger partial charge in [0.15, 0.2) is 0 Å². The third kappa shape index (κ3) is 3.27. The van der Waals surface area contributed by atoms with Crippen LogP contribution < -0.4 is 5.32 Å². The molecule has 4 heteroatoms. The highest BCUT2D eigenvalue weighted by Gasteiger charge is 2.03. The molecule has 3 N–H and O–H groups in total. The number of H-pyrrole nitrogens is 1. The van der Waals surface area contributed by atoms with Gasteiger partial charge in [0, 0.05) is 35.2 Å². The van der Waals surface area contributed by atoms with Crippen LogP contribution in [0.2, 0.25) is 5.02 Å². The Balaban J connectivity index is 1.63. The molecule has 0 aliphatic carbocycles. The van der Waals surface area contributed by atoms with Gasteiger partial charge in [-0.3, -0.25) is 0 Å². The van der Waals surface area contributed by atoms with Gasteiger partial charge in [0.1, 0.15) is 0 Å². The molecule has 0 bridgehead atoms. The maximum absolute atomic E-state index is 9.02. The van der Waals surface area contributed by atoms with Crippen molar-refractivity contribution in [2.45, 2.75) is 19.7 Å². The van der Waals surface area contributed by atoms with Crippen LogP contribution in [-0.2, 0) is 19.7 Å². The summed E-state index contributed by atoms with van der Waals surface area (Å²) in [6, 6.07) is 13.9. The fourth-order valence-electron chi connectivity index (χ4n) is 2.41. The number of aromatic nitrogens is 1. The van der Waals surface area contributed by atoms with Gasteiger partial charge < -0.3 is 15.4 Å². The standard InChI is InChI=1S/C17H17ClN2O/c18-15-5-6-16-14(10-20-17(16)7-15)9-19-8-12-1-3-13(11-21)4-2-12/h1-7,10,19-21H,8-9,11H2. The second-order valence-corrected chi connectivity index (χ2v) is 5.52. The number of aliphatic hydroxyl groups is 1. The predicted octanol–water partition coefficient (Wildman–Crippen LogP) is 3.60.